The number of piperidine rings is 2. The van der Waals surface area contributed by atoms with Crippen LogP contribution in [0.3, 0.4) is 0 Å². The average Bonchev–Trinajstić information content (AvgIpc) is 2.48. The number of rotatable bonds is 6. The van der Waals surface area contributed by atoms with Crippen molar-refractivity contribution in [3.63, 3.8) is 0 Å². The number of carbonyl (C=O) groups excluding carboxylic acids is 1. The van der Waals surface area contributed by atoms with Crippen LogP contribution in [-0.4, -0.2) is 61.5 Å². The second-order valence-corrected chi connectivity index (χ2v) is 7.03. The Bertz CT molecular complexity index is 315. The van der Waals surface area contributed by atoms with E-state index in [1.807, 2.05) is 0 Å². The summed E-state index contributed by atoms with van der Waals surface area (Å²) in [7, 11) is 0. The first-order chi connectivity index (χ1) is 10.2. The van der Waals surface area contributed by atoms with Crippen LogP contribution >= 0.6 is 0 Å². The summed E-state index contributed by atoms with van der Waals surface area (Å²) >= 11 is 0. The highest BCUT2D eigenvalue weighted by atomic mass is 16.2. The van der Waals surface area contributed by atoms with Crippen LogP contribution < -0.4 is 5.32 Å². The molecule has 2 aliphatic rings. The third-order valence-electron chi connectivity index (χ3n) is 4.82. The molecular weight excluding hydrogens is 262 g/mol. The van der Waals surface area contributed by atoms with Gasteiger partial charge in [0.15, 0.2) is 0 Å². The van der Waals surface area contributed by atoms with Crippen molar-refractivity contribution in [2.75, 3.05) is 45.8 Å². The predicted octanol–water partition coefficient (Wildman–Crippen LogP) is 1.96. The van der Waals surface area contributed by atoms with E-state index < -0.39 is 0 Å². The monoisotopic (exact) mass is 295 g/mol. The van der Waals surface area contributed by atoms with Gasteiger partial charge in [0.2, 0.25) is 5.91 Å². The highest BCUT2D eigenvalue weighted by Gasteiger charge is 2.24. The van der Waals surface area contributed by atoms with Gasteiger partial charge in [0.1, 0.15) is 0 Å². The second kappa shape index (κ2) is 8.74. The number of hydrogen-bond donors (Lipinski definition) is 1. The maximum atomic E-state index is 12.5. The Morgan fingerprint density at radius 1 is 1.33 bits per heavy atom. The van der Waals surface area contributed by atoms with Crippen LogP contribution in [0.5, 0.6) is 0 Å². The summed E-state index contributed by atoms with van der Waals surface area (Å²) in [5.41, 5.74) is 0. The van der Waals surface area contributed by atoms with E-state index in [9.17, 15) is 4.79 Å². The first kappa shape index (κ1) is 16.8. The molecule has 0 bridgehead atoms. The summed E-state index contributed by atoms with van der Waals surface area (Å²) in [5.74, 6) is 1.74. The summed E-state index contributed by atoms with van der Waals surface area (Å²) in [4.78, 5) is 17.0. The van der Waals surface area contributed by atoms with Gasteiger partial charge in [-0.25, -0.2) is 0 Å². The van der Waals surface area contributed by atoms with Gasteiger partial charge in [-0.15, -0.1) is 0 Å². The lowest BCUT2D eigenvalue weighted by Crippen LogP contribution is -2.47. The lowest BCUT2D eigenvalue weighted by molar-refractivity contribution is -0.134. The van der Waals surface area contributed by atoms with Crippen LogP contribution in [0.25, 0.3) is 0 Å². The molecule has 1 N–H and O–H groups in total. The molecule has 0 aliphatic carbocycles. The fourth-order valence-corrected chi connectivity index (χ4v) is 3.70. The van der Waals surface area contributed by atoms with Gasteiger partial charge in [-0.2, -0.15) is 0 Å². The fraction of sp³-hybridized carbons (Fsp3) is 0.941. The Balaban J connectivity index is 1.81. The van der Waals surface area contributed by atoms with Crippen molar-refractivity contribution in [2.24, 2.45) is 11.8 Å². The molecule has 0 spiro atoms. The molecule has 2 saturated heterocycles. The van der Waals surface area contributed by atoms with Gasteiger partial charge in [-0.3, -0.25) is 9.69 Å². The highest BCUT2D eigenvalue weighted by Crippen LogP contribution is 2.16. The van der Waals surface area contributed by atoms with Crippen molar-refractivity contribution in [1.29, 1.82) is 0 Å². The van der Waals surface area contributed by atoms with Crippen LogP contribution in [0, 0.1) is 11.8 Å². The van der Waals surface area contributed by atoms with E-state index in [2.05, 4.69) is 29.0 Å². The molecule has 0 aromatic carbocycles. The Morgan fingerprint density at radius 3 is 2.86 bits per heavy atom. The number of amides is 1. The van der Waals surface area contributed by atoms with Crippen LogP contribution in [-0.2, 0) is 4.79 Å². The van der Waals surface area contributed by atoms with E-state index in [1.165, 1.54) is 25.7 Å². The molecule has 21 heavy (non-hydrogen) atoms. The van der Waals surface area contributed by atoms with Gasteiger partial charge in [-0.05, 0) is 63.6 Å². The molecule has 2 atom stereocenters. The molecule has 0 saturated carbocycles. The van der Waals surface area contributed by atoms with E-state index in [0.29, 0.717) is 18.4 Å². The zero-order chi connectivity index (χ0) is 15.1. The molecule has 4 heteroatoms. The lowest BCUT2D eigenvalue weighted by atomic mass is 9.98. The van der Waals surface area contributed by atoms with E-state index >= 15 is 0 Å². The molecule has 2 fully saturated rings. The van der Waals surface area contributed by atoms with Crippen LogP contribution in [0.4, 0.5) is 0 Å². The van der Waals surface area contributed by atoms with Crippen LogP contribution in [0.15, 0.2) is 0 Å². The van der Waals surface area contributed by atoms with E-state index in [1.54, 1.807) is 0 Å². The normalized spacial score (nSPS) is 27.1. The molecule has 1 amide bonds. The third kappa shape index (κ3) is 5.59. The lowest BCUT2D eigenvalue weighted by Gasteiger charge is -2.34. The molecular formula is C17H33N3O. The highest BCUT2D eigenvalue weighted by molar-refractivity contribution is 5.78. The molecule has 0 aromatic heterocycles. The molecule has 2 rings (SSSR count). The third-order valence-corrected chi connectivity index (χ3v) is 4.82. The summed E-state index contributed by atoms with van der Waals surface area (Å²) in [5, 5.41) is 3.48. The number of nitrogens with one attached hydrogen (secondary N) is 1. The maximum Gasteiger partial charge on any atom is 0.236 e. The maximum absolute atomic E-state index is 12.5. The smallest absolute Gasteiger partial charge is 0.236 e. The number of carbonyl (C=O) groups is 1. The molecule has 2 unspecified atom stereocenters. The Kier molecular flexibility index (Phi) is 6.97. The minimum Gasteiger partial charge on any atom is -0.341 e. The largest absolute Gasteiger partial charge is 0.341 e. The van der Waals surface area contributed by atoms with Crippen molar-refractivity contribution < 1.29 is 4.79 Å². The molecule has 0 aromatic rings. The molecule has 0 radical (unpaired) electrons. The zero-order valence-corrected chi connectivity index (χ0v) is 13.9. The van der Waals surface area contributed by atoms with Gasteiger partial charge in [-0.1, -0.05) is 13.8 Å². The average molecular weight is 295 g/mol. The minimum atomic E-state index is 0.346. The Labute approximate surface area is 130 Å². The van der Waals surface area contributed by atoms with Crippen molar-refractivity contribution in [2.45, 2.75) is 46.0 Å². The van der Waals surface area contributed by atoms with Gasteiger partial charge < -0.3 is 10.2 Å². The molecule has 4 nitrogen and oxygen atoms in total. The quantitative estimate of drug-likeness (QED) is 0.813. The second-order valence-electron chi connectivity index (χ2n) is 7.03. The minimum absolute atomic E-state index is 0.346. The van der Waals surface area contributed by atoms with E-state index in [0.717, 1.165) is 51.6 Å². The topological polar surface area (TPSA) is 35.6 Å². The molecule has 122 valence electrons. The predicted molar refractivity (Wildman–Crippen MR) is 87.3 cm³/mol. The van der Waals surface area contributed by atoms with Gasteiger partial charge in [0.05, 0.1) is 6.54 Å². The van der Waals surface area contributed by atoms with E-state index in [4.69, 9.17) is 0 Å². The van der Waals surface area contributed by atoms with Gasteiger partial charge >= 0.3 is 0 Å². The zero-order valence-electron chi connectivity index (χ0n) is 13.9. The number of likely N-dealkylation sites (tertiary alicyclic amines) is 1. The van der Waals surface area contributed by atoms with Crippen LogP contribution in [0.1, 0.15) is 46.0 Å². The SMILES string of the molecule is CCCN(CC(=O)N1CCCC(C)C1)CC1CCCNC1. The van der Waals surface area contributed by atoms with Gasteiger partial charge in [0, 0.05) is 19.6 Å². The van der Waals surface area contributed by atoms with Crippen molar-refractivity contribution in [3.8, 4) is 0 Å². The summed E-state index contributed by atoms with van der Waals surface area (Å²) in [6.07, 6.45) is 6.16. The first-order valence-electron chi connectivity index (χ1n) is 8.90. The Morgan fingerprint density at radius 2 is 2.19 bits per heavy atom. The van der Waals surface area contributed by atoms with Crippen molar-refractivity contribution >= 4 is 5.91 Å². The summed E-state index contributed by atoms with van der Waals surface area (Å²) in [6, 6.07) is 0. The van der Waals surface area contributed by atoms with Crippen LogP contribution in [0.2, 0.25) is 0 Å². The van der Waals surface area contributed by atoms with E-state index in [-0.39, 0.29) is 0 Å². The Hall–Kier alpha value is -0.610. The number of hydrogen-bond acceptors (Lipinski definition) is 3. The first-order valence-corrected chi connectivity index (χ1v) is 8.90. The van der Waals surface area contributed by atoms with Crippen molar-refractivity contribution in [3.05, 3.63) is 0 Å². The summed E-state index contributed by atoms with van der Waals surface area (Å²) < 4.78 is 0. The molecule has 2 aliphatic heterocycles. The summed E-state index contributed by atoms with van der Waals surface area (Å²) in [6.45, 7) is 11.4. The standard InChI is InChI=1S/C17H33N3O/c1-3-9-19(13-16-7-4-8-18-11-16)14-17(21)20-10-5-6-15(2)12-20/h15-16,18H,3-14H2,1-2H3. The number of nitrogens with zero attached hydrogens (tertiary/aromatic N) is 2. The fourth-order valence-electron chi connectivity index (χ4n) is 3.70. The van der Waals surface area contributed by atoms with Crippen molar-refractivity contribution in [1.82, 2.24) is 15.1 Å². The molecule has 2 heterocycles. The van der Waals surface area contributed by atoms with Gasteiger partial charge in [0.25, 0.3) is 0 Å².